The summed E-state index contributed by atoms with van der Waals surface area (Å²) < 4.78 is 6.80. The molecule has 0 unspecified atom stereocenters. The van der Waals surface area contributed by atoms with Gasteiger partial charge in [0.25, 0.3) is 0 Å². The van der Waals surface area contributed by atoms with E-state index in [0.29, 0.717) is 35.6 Å². The van der Waals surface area contributed by atoms with Crippen LogP contribution in [0.2, 0.25) is 0 Å². The Bertz CT molecular complexity index is 664. The summed E-state index contributed by atoms with van der Waals surface area (Å²) in [5.41, 5.74) is 5.62. The van der Waals surface area contributed by atoms with Crippen molar-refractivity contribution in [2.24, 2.45) is 5.73 Å². The van der Waals surface area contributed by atoms with E-state index in [4.69, 9.17) is 10.3 Å². The first kappa shape index (κ1) is 16.2. The molecule has 2 aromatic heterocycles. The Kier molecular flexibility index (Phi) is 5.28. The molecule has 118 valence electrons. The molecule has 0 atom stereocenters. The highest BCUT2D eigenvalue weighted by atomic mass is 32.2. The minimum absolute atomic E-state index is 0.0317. The summed E-state index contributed by atoms with van der Waals surface area (Å²) in [6, 6.07) is 0. The minimum atomic E-state index is -0.330. The predicted molar refractivity (Wildman–Crippen MR) is 80.0 cm³/mol. The van der Waals surface area contributed by atoms with Crippen molar-refractivity contribution in [1.82, 2.24) is 29.8 Å². The first-order valence-electron chi connectivity index (χ1n) is 6.46. The Hall–Kier alpha value is -2.20. The van der Waals surface area contributed by atoms with Crippen molar-refractivity contribution in [2.75, 3.05) is 14.1 Å². The molecule has 2 N–H and O–H groups in total. The highest BCUT2D eigenvalue weighted by Crippen LogP contribution is 2.20. The molecule has 9 nitrogen and oxygen atoms in total. The number of allylic oxidation sites excluding steroid dienone is 1. The maximum atomic E-state index is 11.7. The SMILES string of the molecule is C=CCn1c(CN)nnc1SCc1noc(C(=O)N(C)C)n1. The highest BCUT2D eigenvalue weighted by molar-refractivity contribution is 7.98. The van der Waals surface area contributed by atoms with E-state index in [1.165, 1.54) is 16.7 Å². The number of nitrogens with zero attached hydrogens (tertiary/aromatic N) is 6. The third-order valence-electron chi connectivity index (χ3n) is 2.68. The van der Waals surface area contributed by atoms with E-state index in [-0.39, 0.29) is 11.8 Å². The Morgan fingerprint density at radius 1 is 1.50 bits per heavy atom. The fraction of sp³-hybridized carbons (Fsp3) is 0.417. The summed E-state index contributed by atoms with van der Waals surface area (Å²) >= 11 is 1.39. The van der Waals surface area contributed by atoms with Crippen molar-refractivity contribution in [3.8, 4) is 0 Å². The van der Waals surface area contributed by atoms with Crippen molar-refractivity contribution in [3.05, 3.63) is 30.2 Å². The molecule has 2 heterocycles. The lowest BCUT2D eigenvalue weighted by molar-refractivity contribution is 0.0779. The average Bonchev–Trinajstić information content (AvgIpc) is 3.11. The zero-order valence-electron chi connectivity index (χ0n) is 12.4. The molecule has 0 aromatic carbocycles. The van der Waals surface area contributed by atoms with E-state index in [9.17, 15) is 4.79 Å². The smallest absolute Gasteiger partial charge is 0.316 e. The number of aromatic nitrogens is 5. The van der Waals surface area contributed by atoms with E-state index in [2.05, 4.69) is 26.9 Å². The van der Waals surface area contributed by atoms with Gasteiger partial charge in [-0.15, -0.1) is 16.8 Å². The van der Waals surface area contributed by atoms with Gasteiger partial charge >= 0.3 is 11.8 Å². The molecule has 0 radical (unpaired) electrons. The molecule has 0 aliphatic carbocycles. The van der Waals surface area contributed by atoms with E-state index < -0.39 is 0 Å². The number of hydrogen-bond acceptors (Lipinski definition) is 8. The zero-order chi connectivity index (χ0) is 16.1. The number of carbonyl (C=O) groups is 1. The molecular weight excluding hydrogens is 306 g/mol. The third-order valence-corrected chi connectivity index (χ3v) is 3.64. The number of nitrogens with two attached hydrogens (primary N) is 1. The molecule has 0 bridgehead atoms. The highest BCUT2D eigenvalue weighted by Gasteiger charge is 2.18. The standard InChI is InChI=1S/C12H17N7O2S/c1-4-5-19-9(6-13)15-16-12(19)22-7-8-14-10(21-17-8)11(20)18(2)3/h4H,1,5-7,13H2,2-3H3. The fourth-order valence-corrected chi connectivity index (χ4v) is 2.42. The van der Waals surface area contributed by atoms with Crippen LogP contribution in [0.5, 0.6) is 0 Å². The van der Waals surface area contributed by atoms with Crippen LogP contribution in [0.25, 0.3) is 0 Å². The Labute approximate surface area is 131 Å². The third kappa shape index (κ3) is 3.52. The second kappa shape index (κ2) is 7.18. The molecule has 0 saturated heterocycles. The summed E-state index contributed by atoms with van der Waals surface area (Å²) in [5.74, 6) is 1.14. The van der Waals surface area contributed by atoms with Crippen LogP contribution in [-0.2, 0) is 18.8 Å². The number of carbonyl (C=O) groups excluding carboxylic acids is 1. The summed E-state index contributed by atoms with van der Waals surface area (Å²) in [5, 5.41) is 12.6. The number of thioether (sulfide) groups is 1. The summed E-state index contributed by atoms with van der Waals surface area (Å²) in [7, 11) is 3.24. The van der Waals surface area contributed by atoms with Crippen molar-refractivity contribution in [1.29, 1.82) is 0 Å². The van der Waals surface area contributed by atoms with Gasteiger partial charge in [-0.1, -0.05) is 23.0 Å². The predicted octanol–water partition coefficient (Wildman–Crippen LogP) is 0.300. The second-order valence-electron chi connectivity index (χ2n) is 4.51. The van der Waals surface area contributed by atoms with Gasteiger partial charge in [0.15, 0.2) is 11.0 Å². The van der Waals surface area contributed by atoms with Gasteiger partial charge < -0.3 is 19.7 Å². The van der Waals surface area contributed by atoms with Crippen LogP contribution >= 0.6 is 11.8 Å². The molecule has 0 aliphatic rings. The Balaban J connectivity index is 2.06. The van der Waals surface area contributed by atoms with Gasteiger partial charge in [0.2, 0.25) is 0 Å². The van der Waals surface area contributed by atoms with Gasteiger partial charge in [0.05, 0.1) is 12.3 Å². The van der Waals surface area contributed by atoms with Gasteiger partial charge in [-0.25, -0.2) is 0 Å². The average molecular weight is 323 g/mol. The van der Waals surface area contributed by atoms with Crippen LogP contribution in [0.3, 0.4) is 0 Å². The maximum absolute atomic E-state index is 11.7. The van der Waals surface area contributed by atoms with Crippen LogP contribution in [-0.4, -0.2) is 49.8 Å². The molecule has 0 aliphatic heterocycles. The van der Waals surface area contributed by atoms with E-state index in [0.717, 1.165) is 0 Å². The van der Waals surface area contributed by atoms with Gasteiger partial charge in [-0.3, -0.25) is 4.79 Å². The lowest BCUT2D eigenvalue weighted by Gasteiger charge is -2.05. The molecule has 22 heavy (non-hydrogen) atoms. The number of rotatable bonds is 7. The molecule has 0 fully saturated rings. The molecule has 2 rings (SSSR count). The topological polar surface area (TPSA) is 116 Å². The number of amides is 1. The van der Waals surface area contributed by atoms with Gasteiger partial charge in [0, 0.05) is 20.6 Å². The van der Waals surface area contributed by atoms with Crippen molar-refractivity contribution in [3.63, 3.8) is 0 Å². The van der Waals surface area contributed by atoms with Gasteiger partial charge in [-0.2, -0.15) is 4.98 Å². The lowest BCUT2D eigenvalue weighted by atomic mass is 10.5. The Morgan fingerprint density at radius 3 is 2.91 bits per heavy atom. The molecule has 10 heteroatoms. The second-order valence-corrected chi connectivity index (χ2v) is 5.45. The monoisotopic (exact) mass is 323 g/mol. The van der Waals surface area contributed by atoms with E-state index in [1.807, 2.05) is 4.57 Å². The normalized spacial score (nSPS) is 10.7. The molecule has 2 aromatic rings. The summed E-state index contributed by atoms with van der Waals surface area (Å²) in [6.07, 6.45) is 1.74. The minimum Gasteiger partial charge on any atom is -0.341 e. The van der Waals surface area contributed by atoms with Crippen molar-refractivity contribution >= 4 is 17.7 Å². The van der Waals surface area contributed by atoms with Crippen LogP contribution in [0.4, 0.5) is 0 Å². The largest absolute Gasteiger partial charge is 0.341 e. The summed E-state index contributed by atoms with van der Waals surface area (Å²) in [6.45, 7) is 4.57. The molecular formula is C12H17N7O2S. The van der Waals surface area contributed by atoms with Gasteiger partial charge in [-0.05, 0) is 0 Å². The fourth-order valence-electron chi connectivity index (χ4n) is 1.61. The number of hydrogen-bond donors (Lipinski definition) is 1. The molecule has 0 spiro atoms. The first-order valence-corrected chi connectivity index (χ1v) is 7.45. The first-order chi connectivity index (χ1) is 10.6. The maximum Gasteiger partial charge on any atom is 0.316 e. The van der Waals surface area contributed by atoms with Crippen LogP contribution < -0.4 is 5.73 Å². The van der Waals surface area contributed by atoms with Gasteiger partial charge in [0.1, 0.15) is 5.82 Å². The lowest BCUT2D eigenvalue weighted by Crippen LogP contribution is -2.21. The Morgan fingerprint density at radius 2 is 2.27 bits per heavy atom. The van der Waals surface area contributed by atoms with Crippen LogP contribution in [0.15, 0.2) is 22.3 Å². The van der Waals surface area contributed by atoms with E-state index in [1.54, 1.807) is 20.2 Å². The molecule has 1 amide bonds. The van der Waals surface area contributed by atoms with Crippen molar-refractivity contribution in [2.45, 2.75) is 24.0 Å². The van der Waals surface area contributed by atoms with Crippen LogP contribution in [0, 0.1) is 0 Å². The van der Waals surface area contributed by atoms with Crippen molar-refractivity contribution < 1.29 is 9.32 Å². The molecule has 0 saturated carbocycles. The quantitative estimate of drug-likeness (QED) is 0.571. The summed E-state index contributed by atoms with van der Waals surface area (Å²) in [4.78, 5) is 17.1. The van der Waals surface area contributed by atoms with Crippen LogP contribution in [0.1, 0.15) is 22.3 Å². The van der Waals surface area contributed by atoms with E-state index >= 15 is 0 Å². The zero-order valence-corrected chi connectivity index (χ0v) is 13.2.